The van der Waals surface area contributed by atoms with Crippen LogP contribution in [-0.2, 0) is 17.9 Å². The largest absolute Gasteiger partial charge is 0.485 e. The second kappa shape index (κ2) is 7.18. The van der Waals surface area contributed by atoms with Crippen LogP contribution >= 0.6 is 0 Å². The van der Waals surface area contributed by atoms with Crippen molar-refractivity contribution in [1.82, 2.24) is 30.0 Å². The van der Waals surface area contributed by atoms with Gasteiger partial charge in [0.05, 0.1) is 0 Å². The number of piperazine rings is 1. The van der Waals surface area contributed by atoms with Gasteiger partial charge in [0.15, 0.2) is 6.61 Å². The lowest BCUT2D eigenvalue weighted by Gasteiger charge is -2.34. The Labute approximate surface area is 146 Å². The van der Waals surface area contributed by atoms with Gasteiger partial charge in [-0.3, -0.25) is 9.69 Å². The second-order valence-corrected chi connectivity index (χ2v) is 6.49. The summed E-state index contributed by atoms with van der Waals surface area (Å²) in [4.78, 5) is 18.1. The number of ether oxygens (including phenoxy) is 1. The van der Waals surface area contributed by atoms with Crippen molar-refractivity contribution in [3.63, 3.8) is 0 Å². The van der Waals surface area contributed by atoms with Gasteiger partial charge in [-0.2, -0.15) is 4.80 Å². The predicted molar refractivity (Wildman–Crippen MR) is 89.8 cm³/mol. The lowest BCUT2D eigenvalue weighted by Crippen LogP contribution is -2.50. The minimum atomic E-state index is 0.0448. The molecule has 2 heterocycles. The van der Waals surface area contributed by atoms with Crippen LogP contribution in [0.15, 0.2) is 30.3 Å². The van der Waals surface area contributed by atoms with E-state index in [9.17, 15) is 4.79 Å². The van der Waals surface area contributed by atoms with Crippen LogP contribution < -0.4 is 4.74 Å². The molecule has 1 amide bonds. The number of carbonyl (C=O) groups excluding carboxylic acids is 1. The molecule has 8 heteroatoms. The third-order valence-electron chi connectivity index (χ3n) is 4.61. The Kier molecular flexibility index (Phi) is 4.60. The molecule has 0 unspecified atom stereocenters. The first kappa shape index (κ1) is 16.0. The van der Waals surface area contributed by atoms with Gasteiger partial charge in [0.1, 0.15) is 12.3 Å². The Morgan fingerprint density at radius 2 is 1.88 bits per heavy atom. The highest BCUT2D eigenvalue weighted by atomic mass is 16.5. The molecule has 4 rings (SSSR count). The van der Waals surface area contributed by atoms with Crippen molar-refractivity contribution < 1.29 is 9.53 Å². The molecule has 25 heavy (non-hydrogen) atoms. The van der Waals surface area contributed by atoms with Gasteiger partial charge in [0.2, 0.25) is 11.7 Å². The van der Waals surface area contributed by atoms with Crippen molar-refractivity contribution >= 4 is 5.91 Å². The third kappa shape index (κ3) is 4.14. The number of rotatable bonds is 6. The summed E-state index contributed by atoms with van der Waals surface area (Å²) in [5, 5.41) is 12.1. The van der Waals surface area contributed by atoms with E-state index < -0.39 is 0 Å². The first-order valence-corrected chi connectivity index (χ1v) is 8.74. The Morgan fingerprint density at radius 1 is 1.12 bits per heavy atom. The van der Waals surface area contributed by atoms with Gasteiger partial charge in [0, 0.05) is 32.2 Å². The van der Waals surface area contributed by atoms with Crippen LogP contribution in [0.3, 0.4) is 0 Å². The number of para-hydroxylation sites is 1. The normalized spacial score (nSPS) is 18.3. The van der Waals surface area contributed by atoms with E-state index >= 15 is 0 Å². The van der Waals surface area contributed by atoms with Crippen molar-refractivity contribution in [3.05, 3.63) is 36.2 Å². The van der Waals surface area contributed by atoms with E-state index in [-0.39, 0.29) is 19.1 Å². The zero-order valence-electron chi connectivity index (χ0n) is 14.1. The molecule has 1 aromatic carbocycles. The van der Waals surface area contributed by atoms with Gasteiger partial charge in [-0.15, -0.1) is 10.2 Å². The van der Waals surface area contributed by atoms with E-state index in [4.69, 9.17) is 4.74 Å². The van der Waals surface area contributed by atoms with Crippen LogP contribution in [-0.4, -0.2) is 68.1 Å². The molecule has 0 spiro atoms. The maximum atomic E-state index is 12.4. The van der Waals surface area contributed by atoms with Crippen LogP contribution in [0, 0.1) is 0 Å². The van der Waals surface area contributed by atoms with Crippen LogP contribution in [0.4, 0.5) is 0 Å². The monoisotopic (exact) mass is 342 g/mol. The van der Waals surface area contributed by atoms with Crippen molar-refractivity contribution in [3.8, 4) is 5.75 Å². The smallest absolute Gasteiger partial charge is 0.246 e. The van der Waals surface area contributed by atoms with Crippen molar-refractivity contribution in [2.24, 2.45) is 0 Å². The fourth-order valence-corrected chi connectivity index (χ4v) is 3.06. The molecule has 1 saturated heterocycles. The van der Waals surface area contributed by atoms with Crippen LogP contribution in [0.5, 0.6) is 5.75 Å². The Hall–Kier alpha value is -2.48. The topological polar surface area (TPSA) is 76.4 Å². The molecule has 2 fully saturated rings. The number of amides is 1. The van der Waals surface area contributed by atoms with E-state index in [1.54, 1.807) is 0 Å². The number of nitrogens with zero attached hydrogens (tertiary/aromatic N) is 6. The number of benzene rings is 1. The Morgan fingerprint density at radius 3 is 2.60 bits per heavy atom. The molecule has 0 radical (unpaired) electrons. The molecule has 0 N–H and O–H groups in total. The second-order valence-electron chi connectivity index (χ2n) is 6.49. The maximum absolute atomic E-state index is 12.4. The molecule has 8 nitrogen and oxygen atoms in total. The van der Waals surface area contributed by atoms with Crippen molar-refractivity contribution in [2.45, 2.75) is 32.0 Å². The number of hydrogen-bond acceptors (Lipinski definition) is 6. The molecule has 2 aliphatic rings. The molecule has 0 atom stereocenters. The quantitative estimate of drug-likeness (QED) is 0.763. The molecule has 1 aliphatic heterocycles. The highest BCUT2D eigenvalue weighted by molar-refractivity contribution is 5.75. The predicted octanol–water partition coefficient (Wildman–Crippen LogP) is 0.559. The summed E-state index contributed by atoms with van der Waals surface area (Å²) >= 11 is 0. The highest BCUT2D eigenvalue weighted by Crippen LogP contribution is 2.27. The van der Waals surface area contributed by atoms with Gasteiger partial charge in [-0.05, 0) is 30.2 Å². The van der Waals surface area contributed by atoms with Crippen LogP contribution in [0.2, 0.25) is 0 Å². The fraction of sp³-hybridized carbons (Fsp3) is 0.529. The van der Waals surface area contributed by atoms with Gasteiger partial charge in [-0.1, -0.05) is 18.2 Å². The zero-order valence-corrected chi connectivity index (χ0v) is 14.1. The standard InChI is InChI=1S/C17H22N6O2/c24-17(22-10-8-21(9-11-22)14-6-7-14)12-23-19-16(18-20-23)13-25-15-4-2-1-3-5-15/h1-5,14H,6-13H2. The van der Waals surface area contributed by atoms with Gasteiger partial charge >= 0.3 is 0 Å². The molecular formula is C17H22N6O2. The summed E-state index contributed by atoms with van der Waals surface area (Å²) in [5.41, 5.74) is 0. The van der Waals surface area contributed by atoms with E-state index in [0.717, 1.165) is 38.0 Å². The Bertz CT molecular complexity index is 707. The minimum absolute atomic E-state index is 0.0448. The number of carbonyl (C=O) groups is 1. The van der Waals surface area contributed by atoms with E-state index in [1.807, 2.05) is 35.2 Å². The molecular weight excluding hydrogens is 320 g/mol. The maximum Gasteiger partial charge on any atom is 0.246 e. The molecule has 132 valence electrons. The summed E-state index contributed by atoms with van der Waals surface area (Å²) in [6, 6.07) is 10.2. The SMILES string of the molecule is O=C(Cn1nnc(COc2ccccc2)n1)N1CCN(C2CC2)CC1. The number of tetrazole rings is 1. The minimum Gasteiger partial charge on any atom is -0.485 e. The molecule has 2 aromatic rings. The average Bonchev–Trinajstić information content (AvgIpc) is 3.41. The van der Waals surface area contributed by atoms with Crippen molar-refractivity contribution in [1.29, 1.82) is 0 Å². The highest BCUT2D eigenvalue weighted by Gasteiger charge is 2.32. The van der Waals surface area contributed by atoms with Crippen LogP contribution in [0.25, 0.3) is 0 Å². The van der Waals surface area contributed by atoms with Crippen LogP contribution in [0.1, 0.15) is 18.7 Å². The summed E-state index contributed by atoms with van der Waals surface area (Å²) < 4.78 is 5.59. The summed E-state index contributed by atoms with van der Waals surface area (Å²) in [6.45, 7) is 3.87. The van der Waals surface area contributed by atoms with E-state index in [1.165, 1.54) is 17.6 Å². The zero-order chi connectivity index (χ0) is 17.1. The fourth-order valence-electron chi connectivity index (χ4n) is 3.06. The third-order valence-corrected chi connectivity index (χ3v) is 4.61. The van der Waals surface area contributed by atoms with E-state index in [0.29, 0.717) is 5.82 Å². The summed E-state index contributed by atoms with van der Waals surface area (Å²) in [5.74, 6) is 1.27. The average molecular weight is 342 g/mol. The first-order valence-electron chi connectivity index (χ1n) is 8.74. The Balaban J connectivity index is 1.25. The van der Waals surface area contributed by atoms with Gasteiger partial charge < -0.3 is 9.64 Å². The lowest BCUT2D eigenvalue weighted by atomic mass is 10.3. The van der Waals surface area contributed by atoms with Gasteiger partial charge in [0.25, 0.3) is 0 Å². The van der Waals surface area contributed by atoms with Crippen molar-refractivity contribution in [2.75, 3.05) is 26.2 Å². The molecule has 1 saturated carbocycles. The number of aromatic nitrogens is 4. The molecule has 1 aliphatic carbocycles. The molecule has 0 bridgehead atoms. The number of hydrogen-bond donors (Lipinski definition) is 0. The summed E-state index contributed by atoms with van der Waals surface area (Å²) in [6.07, 6.45) is 2.62. The lowest BCUT2D eigenvalue weighted by molar-refractivity contribution is -0.134. The van der Waals surface area contributed by atoms with E-state index in [2.05, 4.69) is 20.3 Å². The first-order chi connectivity index (χ1) is 12.3. The van der Waals surface area contributed by atoms with Gasteiger partial charge in [-0.25, -0.2) is 0 Å². The summed E-state index contributed by atoms with van der Waals surface area (Å²) in [7, 11) is 0. The molecule has 1 aromatic heterocycles.